The van der Waals surface area contributed by atoms with E-state index in [1.54, 1.807) is 0 Å². The molecule has 1 fully saturated rings. The van der Waals surface area contributed by atoms with Gasteiger partial charge in [-0.3, -0.25) is 9.59 Å². The number of carbonyl (C=O) groups is 2. The Balaban J connectivity index is 2.72. The van der Waals surface area contributed by atoms with E-state index >= 15 is 0 Å². The highest BCUT2D eigenvalue weighted by Crippen LogP contribution is 2.43. The topological polar surface area (TPSA) is 74.6 Å². The van der Waals surface area contributed by atoms with Crippen LogP contribution < -0.4 is 0 Å². The summed E-state index contributed by atoms with van der Waals surface area (Å²) < 4.78 is 0.0483. The highest BCUT2D eigenvalue weighted by molar-refractivity contribution is 8.21. The molecule has 1 saturated heterocycles. The highest BCUT2D eigenvalue weighted by atomic mass is 32.2. The lowest BCUT2D eigenvalue weighted by Gasteiger charge is -2.07. The van der Waals surface area contributed by atoms with Gasteiger partial charge >= 0.3 is 11.9 Å². The maximum Gasteiger partial charge on any atom is 0.318 e. The molecule has 2 N–H and O–H groups in total. The van der Waals surface area contributed by atoms with Crippen LogP contribution >= 0.6 is 23.5 Å². The van der Waals surface area contributed by atoms with Crippen molar-refractivity contribution in [2.75, 3.05) is 0 Å². The van der Waals surface area contributed by atoms with Crippen molar-refractivity contribution in [1.29, 1.82) is 0 Å². The van der Waals surface area contributed by atoms with Gasteiger partial charge in [-0.1, -0.05) is 0 Å². The molecule has 6 heteroatoms. The van der Waals surface area contributed by atoms with Gasteiger partial charge in [-0.05, 0) is 6.92 Å². The van der Waals surface area contributed by atoms with E-state index in [1.165, 1.54) is 23.5 Å². The second-order valence-corrected chi connectivity index (χ2v) is 5.63. The van der Waals surface area contributed by atoms with E-state index in [2.05, 4.69) is 0 Å². The Morgan fingerprint density at radius 2 is 1.42 bits per heavy atom. The van der Waals surface area contributed by atoms with E-state index in [-0.39, 0.29) is 4.58 Å². The van der Waals surface area contributed by atoms with Crippen LogP contribution in [0.15, 0.2) is 0 Å². The summed E-state index contributed by atoms with van der Waals surface area (Å²) in [5.74, 6) is -2.08. The van der Waals surface area contributed by atoms with Crippen molar-refractivity contribution in [3.63, 3.8) is 0 Å². The molecule has 1 rings (SSSR count). The van der Waals surface area contributed by atoms with Crippen LogP contribution in [0.3, 0.4) is 0 Å². The van der Waals surface area contributed by atoms with Crippen molar-refractivity contribution in [3.8, 4) is 0 Å². The summed E-state index contributed by atoms with van der Waals surface area (Å²) in [7, 11) is 0. The number of thioether (sulfide) groups is 2. The van der Waals surface area contributed by atoms with Gasteiger partial charge in [-0.15, -0.1) is 23.5 Å². The Morgan fingerprint density at radius 3 is 1.67 bits per heavy atom. The first kappa shape index (κ1) is 9.73. The third-order valence-corrected chi connectivity index (χ3v) is 4.58. The van der Waals surface area contributed by atoms with E-state index in [0.29, 0.717) is 0 Å². The van der Waals surface area contributed by atoms with Crippen LogP contribution in [0.4, 0.5) is 0 Å². The molecule has 0 saturated carbocycles. The summed E-state index contributed by atoms with van der Waals surface area (Å²) in [6, 6.07) is 0. The molecule has 0 spiro atoms. The molecule has 0 aliphatic carbocycles. The second-order valence-electron chi connectivity index (χ2n) is 2.36. The molecule has 0 radical (unpaired) electrons. The first-order chi connectivity index (χ1) is 5.52. The molecule has 3 atom stereocenters. The molecule has 0 bridgehead atoms. The van der Waals surface area contributed by atoms with Crippen LogP contribution in [0.2, 0.25) is 0 Å². The zero-order chi connectivity index (χ0) is 9.30. The molecular formula is C6H8O4S2. The minimum atomic E-state index is -1.04. The maximum atomic E-state index is 10.6. The monoisotopic (exact) mass is 208 g/mol. The summed E-state index contributed by atoms with van der Waals surface area (Å²) in [6.07, 6.45) is 0. The minimum absolute atomic E-state index is 0.0483. The molecule has 68 valence electrons. The van der Waals surface area contributed by atoms with Gasteiger partial charge in [0.15, 0.2) is 0 Å². The zero-order valence-corrected chi connectivity index (χ0v) is 7.89. The summed E-state index contributed by atoms with van der Waals surface area (Å²) in [5, 5.41) is 15.7. The highest BCUT2D eigenvalue weighted by Gasteiger charge is 2.42. The fourth-order valence-corrected chi connectivity index (χ4v) is 3.90. The summed E-state index contributed by atoms with van der Waals surface area (Å²) in [5.41, 5.74) is 0. The lowest BCUT2D eigenvalue weighted by molar-refractivity contribution is -0.142. The average Bonchev–Trinajstić information content (AvgIpc) is 2.31. The van der Waals surface area contributed by atoms with E-state index < -0.39 is 22.4 Å². The molecule has 1 aliphatic rings. The first-order valence-corrected chi connectivity index (χ1v) is 5.17. The Hall–Kier alpha value is -0.360. The van der Waals surface area contributed by atoms with Crippen molar-refractivity contribution >= 4 is 35.5 Å². The molecule has 1 heterocycles. The van der Waals surface area contributed by atoms with Crippen molar-refractivity contribution in [1.82, 2.24) is 0 Å². The van der Waals surface area contributed by atoms with Gasteiger partial charge in [0, 0.05) is 4.58 Å². The Kier molecular flexibility index (Phi) is 2.89. The molecule has 0 aromatic carbocycles. The molecule has 0 aromatic rings. The third-order valence-electron chi connectivity index (χ3n) is 1.44. The Labute approximate surface area is 77.7 Å². The van der Waals surface area contributed by atoms with E-state index in [0.717, 1.165) is 0 Å². The quantitative estimate of drug-likeness (QED) is 0.696. The molecular weight excluding hydrogens is 200 g/mol. The van der Waals surface area contributed by atoms with Gasteiger partial charge in [0.1, 0.15) is 10.5 Å². The smallest absolute Gasteiger partial charge is 0.318 e. The number of carboxylic acid groups (broad SMARTS) is 2. The van der Waals surface area contributed by atoms with Gasteiger partial charge in [0.25, 0.3) is 0 Å². The Morgan fingerprint density at radius 1 is 1.08 bits per heavy atom. The number of aliphatic carboxylic acids is 2. The molecule has 0 aromatic heterocycles. The molecule has 1 unspecified atom stereocenters. The summed E-state index contributed by atoms with van der Waals surface area (Å²) >= 11 is 2.39. The molecule has 12 heavy (non-hydrogen) atoms. The van der Waals surface area contributed by atoms with Crippen molar-refractivity contribution in [3.05, 3.63) is 0 Å². The van der Waals surface area contributed by atoms with E-state index in [1.807, 2.05) is 6.92 Å². The van der Waals surface area contributed by atoms with Gasteiger partial charge in [-0.2, -0.15) is 0 Å². The lowest BCUT2D eigenvalue weighted by atomic mass is 10.3. The molecule has 1 aliphatic heterocycles. The number of rotatable bonds is 2. The SMILES string of the molecule is CC1S[C@H](C(=O)O)[C@H](C(=O)O)S1. The van der Waals surface area contributed by atoms with Crippen molar-refractivity contribution < 1.29 is 19.8 Å². The van der Waals surface area contributed by atoms with E-state index in [9.17, 15) is 9.59 Å². The van der Waals surface area contributed by atoms with Gasteiger partial charge in [0.2, 0.25) is 0 Å². The van der Waals surface area contributed by atoms with Crippen molar-refractivity contribution in [2.24, 2.45) is 0 Å². The average molecular weight is 208 g/mol. The van der Waals surface area contributed by atoms with Gasteiger partial charge < -0.3 is 10.2 Å². The lowest BCUT2D eigenvalue weighted by Crippen LogP contribution is -2.31. The number of carboxylic acids is 2. The van der Waals surface area contributed by atoms with Crippen LogP contribution in [-0.2, 0) is 9.59 Å². The predicted octanol–water partition coefficient (Wildman–Crippen LogP) is 0.719. The zero-order valence-electron chi connectivity index (χ0n) is 6.26. The first-order valence-electron chi connectivity index (χ1n) is 3.29. The maximum absolute atomic E-state index is 10.6. The predicted molar refractivity (Wildman–Crippen MR) is 47.5 cm³/mol. The van der Waals surface area contributed by atoms with Crippen molar-refractivity contribution in [2.45, 2.75) is 22.0 Å². The summed E-state index contributed by atoms with van der Waals surface area (Å²) in [4.78, 5) is 21.1. The second kappa shape index (κ2) is 3.57. The van der Waals surface area contributed by atoms with Crippen LogP contribution in [0, 0.1) is 0 Å². The molecule has 0 amide bonds. The minimum Gasteiger partial charge on any atom is -0.480 e. The normalized spacial score (nSPS) is 34.9. The summed E-state index contributed by atoms with van der Waals surface area (Å²) in [6.45, 7) is 1.81. The van der Waals surface area contributed by atoms with Crippen LogP contribution in [0.25, 0.3) is 0 Å². The number of hydrogen-bond donors (Lipinski definition) is 2. The van der Waals surface area contributed by atoms with Crippen LogP contribution in [0.5, 0.6) is 0 Å². The standard InChI is InChI=1S/C6H8O4S2/c1-2-11-3(5(7)8)4(12-2)6(9)10/h2-4H,1H3,(H,7,8)(H,9,10)/t2?,3-,4+. The van der Waals surface area contributed by atoms with Crippen LogP contribution in [0.1, 0.15) is 6.92 Å². The fourth-order valence-electron chi connectivity index (χ4n) is 0.963. The van der Waals surface area contributed by atoms with Gasteiger partial charge in [-0.25, -0.2) is 0 Å². The fraction of sp³-hybridized carbons (Fsp3) is 0.667. The Bertz CT molecular complexity index is 196. The number of hydrogen-bond acceptors (Lipinski definition) is 4. The third kappa shape index (κ3) is 1.87. The van der Waals surface area contributed by atoms with E-state index in [4.69, 9.17) is 10.2 Å². The molecule has 4 nitrogen and oxygen atoms in total. The van der Waals surface area contributed by atoms with Crippen LogP contribution in [-0.4, -0.2) is 37.2 Å². The van der Waals surface area contributed by atoms with Gasteiger partial charge in [0.05, 0.1) is 0 Å². The largest absolute Gasteiger partial charge is 0.480 e.